The van der Waals surface area contributed by atoms with Crippen molar-refractivity contribution in [2.24, 2.45) is 0 Å². The lowest BCUT2D eigenvalue weighted by molar-refractivity contribution is -0.136. The second-order valence-corrected chi connectivity index (χ2v) is 4.48. The zero-order valence-electron chi connectivity index (χ0n) is 11.3. The van der Waals surface area contributed by atoms with Crippen LogP contribution in [0.1, 0.15) is 23.8 Å². The van der Waals surface area contributed by atoms with E-state index in [4.69, 9.17) is 0 Å². The molecule has 1 saturated heterocycles. The molecule has 1 fully saturated rings. The molecule has 0 spiro atoms. The van der Waals surface area contributed by atoms with Gasteiger partial charge in [-0.3, -0.25) is 24.3 Å². The Balaban J connectivity index is 2.11. The maximum Gasteiger partial charge on any atom is 0.269 e. The Kier molecular flexibility index (Phi) is 3.97. The predicted molar refractivity (Wildman–Crippen MR) is 72.0 cm³/mol. The van der Waals surface area contributed by atoms with Gasteiger partial charge in [-0.2, -0.15) is 0 Å². The first-order valence-corrected chi connectivity index (χ1v) is 6.34. The number of hydrogen-bond donors (Lipinski definition) is 2. The van der Waals surface area contributed by atoms with Crippen LogP contribution in [0, 0.1) is 0 Å². The molecule has 1 aromatic heterocycles. The zero-order valence-corrected chi connectivity index (χ0v) is 11.3. The molecule has 1 aliphatic rings. The average molecular weight is 276 g/mol. The molecule has 7 heteroatoms. The van der Waals surface area contributed by atoms with Crippen LogP contribution in [-0.2, 0) is 9.59 Å². The standard InChI is InChI=1S/C13H16N4O3/c1-3-14-12(19)9-6-8(4-5-15-9)16-10-7-11(18)17(2)13(10)20/h4-6,10H,3,7H2,1-2H3,(H,14,19)(H,15,16). The van der Waals surface area contributed by atoms with Gasteiger partial charge in [-0.05, 0) is 19.1 Å². The second-order valence-electron chi connectivity index (χ2n) is 4.48. The van der Waals surface area contributed by atoms with E-state index in [9.17, 15) is 14.4 Å². The van der Waals surface area contributed by atoms with E-state index < -0.39 is 6.04 Å². The highest BCUT2D eigenvalue weighted by Crippen LogP contribution is 2.17. The molecular weight excluding hydrogens is 260 g/mol. The van der Waals surface area contributed by atoms with E-state index >= 15 is 0 Å². The van der Waals surface area contributed by atoms with Crippen LogP contribution in [0.2, 0.25) is 0 Å². The number of carbonyl (C=O) groups excluding carboxylic acids is 3. The average Bonchev–Trinajstić information content (AvgIpc) is 2.67. The minimum atomic E-state index is -0.586. The van der Waals surface area contributed by atoms with Gasteiger partial charge < -0.3 is 10.6 Å². The number of rotatable bonds is 4. The van der Waals surface area contributed by atoms with Crippen molar-refractivity contribution in [1.82, 2.24) is 15.2 Å². The van der Waals surface area contributed by atoms with E-state index in [1.54, 1.807) is 12.1 Å². The predicted octanol–water partition coefficient (Wildman–Crippen LogP) is 0.000500. The van der Waals surface area contributed by atoms with E-state index in [0.717, 1.165) is 4.90 Å². The van der Waals surface area contributed by atoms with Crippen molar-refractivity contribution in [2.75, 3.05) is 18.9 Å². The van der Waals surface area contributed by atoms with E-state index in [2.05, 4.69) is 15.6 Å². The maximum absolute atomic E-state index is 11.8. The van der Waals surface area contributed by atoms with Crippen molar-refractivity contribution < 1.29 is 14.4 Å². The summed E-state index contributed by atoms with van der Waals surface area (Å²) in [6.07, 6.45) is 1.60. The van der Waals surface area contributed by atoms with Gasteiger partial charge in [-0.15, -0.1) is 0 Å². The molecule has 7 nitrogen and oxygen atoms in total. The number of likely N-dealkylation sites (tertiary alicyclic amines) is 1. The third kappa shape index (κ3) is 2.76. The van der Waals surface area contributed by atoms with Crippen molar-refractivity contribution in [3.63, 3.8) is 0 Å². The molecule has 20 heavy (non-hydrogen) atoms. The lowest BCUT2D eigenvalue weighted by atomic mass is 10.2. The molecule has 3 amide bonds. The molecule has 0 bridgehead atoms. The summed E-state index contributed by atoms with van der Waals surface area (Å²) in [6.45, 7) is 2.33. The minimum Gasteiger partial charge on any atom is -0.373 e. The topological polar surface area (TPSA) is 91.4 Å². The number of likely N-dealkylation sites (N-methyl/N-ethyl adjacent to an activating group) is 1. The molecule has 0 aromatic carbocycles. The quantitative estimate of drug-likeness (QED) is 0.755. The van der Waals surface area contributed by atoms with E-state index in [0.29, 0.717) is 12.2 Å². The lowest BCUT2D eigenvalue weighted by Gasteiger charge is -2.12. The van der Waals surface area contributed by atoms with Crippen LogP contribution in [0.3, 0.4) is 0 Å². The molecule has 1 unspecified atom stereocenters. The third-order valence-corrected chi connectivity index (χ3v) is 3.05. The first-order valence-electron chi connectivity index (χ1n) is 6.34. The van der Waals surface area contributed by atoms with E-state index in [1.165, 1.54) is 13.2 Å². The highest BCUT2D eigenvalue weighted by Gasteiger charge is 2.35. The Hall–Kier alpha value is -2.44. The van der Waals surface area contributed by atoms with Crippen LogP contribution in [-0.4, -0.2) is 47.2 Å². The van der Waals surface area contributed by atoms with Crippen LogP contribution in [0.25, 0.3) is 0 Å². The van der Waals surface area contributed by atoms with Crippen LogP contribution < -0.4 is 10.6 Å². The Labute approximate surface area is 116 Å². The number of aromatic nitrogens is 1. The van der Waals surface area contributed by atoms with Crippen molar-refractivity contribution in [3.8, 4) is 0 Å². The minimum absolute atomic E-state index is 0.119. The summed E-state index contributed by atoms with van der Waals surface area (Å²) in [5.74, 6) is -0.765. The summed E-state index contributed by atoms with van der Waals surface area (Å²) >= 11 is 0. The van der Waals surface area contributed by atoms with Gasteiger partial charge in [-0.1, -0.05) is 0 Å². The number of nitrogens with zero attached hydrogens (tertiary/aromatic N) is 2. The zero-order chi connectivity index (χ0) is 14.7. The largest absolute Gasteiger partial charge is 0.373 e. The van der Waals surface area contributed by atoms with Gasteiger partial charge in [0.1, 0.15) is 11.7 Å². The van der Waals surface area contributed by atoms with Crippen molar-refractivity contribution in [1.29, 1.82) is 0 Å². The van der Waals surface area contributed by atoms with E-state index in [-0.39, 0.29) is 29.8 Å². The summed E-state index contributed by atoms with van der Waals surface area (Å²) < 4.78 is 0. The molecule has 106 valence electrons. The first kappa shape index (κ1) is 14.0. The van der Waals surface area contributed by atoms with Gasteiger partial charge in [0.25, 0.3) is 11.8 Å². The Morgan fingerprint density at radius 3 is 2.85 bits per heavy atom. The SMILES string of the molecule is CCNC(=O)c1cc(NC2CC(=O)N(C)C2=O)ccn1. The van der Waals surface area contributed by atoms with Crippen LogP contribution in [0.4, 0.5) is 5.69 Å². The van der Waals surface area contributed by atoms with Gasteiger partial charge >= 0.3 is 0 Å². The highest BCUT2D eigenvalue weighted by molar-refractivity contribution is 6.06. The van der Waals surface area contributed by atoms with Crippen LogP contribution >= 0.6 is 0 Å². The number of anilines is 1. The summed E-state index contributed by atoms with van der Waals surface area (Å²) in [7, 11) is 1.46. The van der Waals surface area contributed by atoms with Crippen LogP contribution in [0.15, 0.2) is 18.3 Å². The molecule has 0 saturated carbocycles. The first-order chi connectivity index (χ1) is 9.52. The molecule has 1 aliphatic heterocycles. The monoisotopic (exact) mass is 276 g/mol. The number of amides is 3. The molecule has 1 aromatic rings. The molecule has 0 aliphatic carbocycles. The fourth-order valence-electron chi connectivity index (χ4n) is 1.97. The molecule has 1 atom stereocenters. The van der Waals surface area contributed by atoms with E-state index in [1.807, 2.05) is 6.92 Å². The normalized spacial score (nSPS) is 18.3. The van der Waals surface area contributed by atoms with Crippen molar-refractivity contribution in [2.45, 2.75) is 19.4 Å². The lowest BCUT2D eigenvalue weighted by Crippen LogP contribution is -2.32. The summed E-state index contributed by atoms with van der Waals surface area (Å²) in [5, 5.41) is 5.60. The summed E-state index contributed by atoms with van der Waals surface area (Å²) in [6, 6.07) is 2.62. The van der Waals surface area contributed by atoms with Gasteiger partial charge in [0.15, 0.2) is 0 Å². The number of hydrogen-bond acceptors (Lipinski definition) is 5. The van der Waals surface area contributed by atoms with Gasteiger partial charge in [0, 0.05) is 25.5 Å². The maximum atomic E-state index is 11.8. The molecule has 2 rings (SSSR count). The third-order valence-electron chi connectivity index (χ3n) is 3.05. The van der Waals surface area contributed by atoms with Gasteiger partial charge in [-0.25, -0.2) is 0 Å². The smallest absolute Gasteiger partial charge is 0.269 e. The second kappa shape index (κ2) is 5.68. The number of imide groups is 1. The number of nitrogens with one attached hydrogen (secondary N) is 2. The molecular formula is C13H16N4O3. The fourth-order valence-corrected chi connectivity index (χ4v) is 1.97. The van der Waals surface area contributed by atoms with Crippen molar-refractivity contribution >= 4 is 23.4 Å². The molecule has 2 N–H and O–H groups in total. The highest BCUT2D eigenvalue weighted by atomic mass is 16.2. The molecule has 0 radical (unpaired) electrons. The number of pyridine rings is 1. The summed E-state index contributed by atoms with van der Waals surface area (Å²) in [5.41, 5.74) is 0.852. The number of carbonyl (C=O) groups is 3. The Morgan fingerprint density at radius 1 is 1.50 bits per heavy atom. The fraction of sp³-hybridized carbons (Fsp3) is 0.385. The summed E-state index contributed by atoms with van der Waals surface area (Å²) in [4.78, 5) is 40.0. The van der Waals surface area contributed by atoms with Crippen LogP contribution in [0.5, 0.6) is 0 Å². The molecule has 2 heterocycles. The van der Waals surface area contributed by atoms with Gasteiger partial charge in [0.2, 0.25) is 5.91 Å². The van der Waals surface area contributed by atoms with Gasteiger partial charge in [0.05, 0.1) is 6.42 Å². The Morgan fingerprint density at radius 2 is 2.25 bits per heavy atom. The van der Waals surface area contributed by atoms with Crippen molar-refractivity contribution in [3.05, 3.63) is 24.0 Å². The Bertz CT molecular complexity index is 558.